The Morgan fingerprint density at radius 3 is 2.41 bits per heavy atom. The molecule has 176 valence electrons. The molecular weight excluding hydrogens is 426 g/mol. The first-order valence-electron chi connectivity index (χ1n) is 10.8. The SMILES string of the molecule is CCn1c(SCC(=O)N(CCN(C)C)CC(=O)OC(C)(C)C)nnc1-c1ccccc1C. The highest BCUT2D eigenvalue weighted by Gasteiger charge is 2.23. The summed E-state index contributed by atoms with van der Waals surface area (Å²) in [4.78, 5) is 28.8. The number of thioether (sulfide) groups is 1. The second-order valence-corrected chi connectivity index (χ2v) is 9.80. The Labute approximate surface area is 195 Å². The van der Waals surface area contributed by atoms with Crippen LogP contribution in [0.1, 0.15) is 33.3 Å². The third-order valence-electron chi connectivity index (χ3n) is 4.65. The van der Waals surface area contributed by atoms with Crippen molar-refractivity contribution in [1.82, 2.24) is 24.6 Å². The molecule has 0 N–H and O–H groups in total. The Kier molecular flexibility index (Phi) is 9.27. The van der Waals surface area contributed by atoms with Gasteiger partial charge in [0.25, 0.3) is 0 Å². The Morgan fingerprint density at radius 2 is 1.81 bits per heavy atom. The van der Waals surface area contributed by atoms with Gasteiger partial charge in [0.1, 0.15) is 12.1 Å². The van der Waals surface area contributed by atoms with Crippen LogP contribution in [0.5, 0.6) is 0 Å². The van der Waals surface area contributed by atoms with Gasteiger partial charge in [-0.25, -0.2) is 0 Å². The summed E-state index contributed by atoms with van der Waals surface area (Å²) in [6.07, 6.45) is 0. The number of esters is 1. The van der Waals surface area contributed by atoms with Crippen LogP contribution < -0.4 is 0 Å². The number of likely N-dealkylation sites (N-methyl/N-ethyl adjacent to an activating group) is 1. The molecule has 0 radical (unpaired) electrons. The quantitative estimate of drug-likeness (QED) is 0.397. The van der Waals surface area contributed by atoms with Crippen molar-refractivity contribution in [2.24, 2.45) is 0 Å². The summed E-state index contributed by atoms with van der Waals surface area (Å²) < 4.78 is 7.42. The summed E-state index contributed by atoms with van der Waals surface area (Å²) in [5.41, 5.74) is 1.55. The van der Waals surface area contributed by atoms with Crippen molar-refractivity contribution in [3.8, 4) is 11.4 Å². The number of aromatic nitrogens is 3. The molecule has 32 heavy (non-hydrogen) atoms. The Bertz CT molecular complexity index is 921. The summed E-state index contributed by atoms with van der Waals surface area (Å²) in [6, 6.07) is 8.04. The minimum atomic E-state index is -0.592. The molecule has 2 rings (SSSR count). The zero-order valence-corrected chi connectivity index (χ0v) is 21.0. The Morgan fingerprint density at radius 1 is 1.12 bits per heavy atom. The van der Waals surface area contributed by atoms with Gasteiger partial charge in [-0.1, -0.05) is 36.0 Å². The van der Waals surface area contributed by atoms with Crippen molar-refractivity contribution in [3.05, 3.63) is 29.8 Å². The van der Waals surface area contributed by atoms with E-state index in [9.17, 15) is 9.59 Å². The van der Waals surface area contributed by atoms with Crippen LogP contribution >= 0.6 is 11.8 Å². The highest BCUT2D eigenvalue weighted by molar-refractivity contribution is 7.99. The maximum atomic E-state index is 13.0. The van der Waals surface area contributed by atoms with Crippen molar-refractivity contribution in [2.75, 3.05) is 39.5 Å². The van der Waals surface area contributed by atoms with Gasteiger partial charge in [-0.3, -0.25) is 9.59 Å². The number of aryl methyl sites for hydroxylation is 1. The number of ether oxygens (including phenoxy) is 1. The Balaban J connectivity index is 2.11. The maximum absolute atomic E-state index is 13.0. The highest BCUT2D eigenvalue weighted by Crippen LogP contribution is 2.26. The molecule has 9 heteroatoms. The smallest absolute Gasteiger partial charge is 0.326 e. The van der Waals surface area contributed by atoms with E-state index in [1.165, 1.54) is 11.8 Å². The fraction of sp³-hybridized carbons (Fsp3) is 0.565. The first kappa shape index (κ1) is 25.9. The molecule has 1 aromatic heterocycles. The van der Waals surface area contributed by atoms with E-state index in [2.05, 4.69) is 10.2 Å². The fourth-order valence-corrected chi connectivity index (χ4v) is 3.97. The van der Waals surface area contributed by atoms with Crippen LogP contribution in [-0.4, -0.2) is 81.5 Å². The fourth-order valence-electron chi connectivity index (χ4n) is 3.06. The van der Waals surface area contributed by atoms with Crippen molar-refractivity contribution < 1.29 is 14.3 Å². The molecule has 0 saturated heterocycles. The summed E-state index contributed by atoms with van der Waals surface area (Å²) in [7, 11) is 3.86. The van der Waals surface area contributed by atoms with Gasteiger partial charge in [0, 0.05) is 25.2 Å². The predicted octanol–water partition coefficient (Wildman–Crippen LogP) is 3.10. The Hall–Kier alpha value is -2.39. The maximum Gasteiger partial charge on any atom is 0.326 e. The molecule has 0 aliphatic carbocycles. The van der Waals surface area contributed by atoms with E-state index in [4.69, 9.17) is 4.74 Å². The normalized spacial score (nSPS) is 11.6. The van der Waals surface area contributed by atoms with E-state index < -0.39 is 11.6 Å². The number of benzene rings is 1. The van der Waals surface area contributed by atoms with Gasteiger partial charge in [0.15, 0.2) is 11.0 Å². The molecule has 0 unspecified atom stereocenters. The molecular formula is C23H35N5O3S. The lowest BCUT2D eigenvalue weighted by Gasteiger charge is -2.26. The van der Waals surface area contributed by atoms with Gasteiger partial charge in [-0.05, 0) is 54.3 Å². The molecule has 1 aromatic carbocycles. The molecule has 0 aliphatic rings. The third-order valence-corrected chi connectivity index (χ3v) is 5.61. The number of carbonyl (C=O) groups is 2. The molecule has 0 aliphatic heterocycles. The number of carbonyl (C=O) groups excluding carboxylic acids is 2. The van der Waals surface area contributed by atoms with Crippen molar-refractivity contribution in [2.45, 2.75) is 51.9 Å². The van der Waals surface area contributed by atoms with Crippen LogP contribution in [0.25, 0.3) is 11.4 Å². The molecule has 2 aromatic rings. The number of nitrogens with zero attached hydrogens (tertiary/aromatic N) is 5. The van der Waals surface area contributed by atoms with E-state index in [0.29, 0.717) is 24.8 Å². The summed E-state index contributed by atoms with van der Waals surface area (Å²) in [6.45, 7) is 11.2. The van der Waals surface area contributed by atoms with E-state index in [1.807, 2.05) is 82.4 Å². The minimum absolute atomic E-state index is 0.0700. The first-order chi connectivity index (χ1) is 15.0. The summed E-state index contributed by atoms with van der Waals surface area (Å²) >= 11 is 1.34. The van der Waals surface area contributed by atoms with Crippen LogP contribution in [0.4, 0.5) is 0 Å². The lowest BCUT2D eigenvalue weighted by Crippen LogP contribution is -2.42. The molecule has 8 nitrogen and oxygen atoms in total. The van der Waals surface area contributed by atoms with Gasteiger partial charge < -0.3 is 19.1 Å². The lowest BCUT2D eigenvalue weighted by atomic mass is 10.1. The highest BCUT2D eigenvalue weighted by atomic mass is 32.2. The van der Waals surface area contributed by atoms with Crippen LogP contribution in [0.3, 0.4) is 0 Å². The second kappa shape index (κ2) is 11.5. The van der Waals surface area contributed by atoms with Crippen LogP contribution in [0.15, 0.2) is 29.4 Å². The number of hydrogen-bond acceptors (Lipinski definition) is 7. The van der Waals surface area contributed by atoms with Gasteiger partial charge in [0.2, 0.25) is 5.91 Å². The molecule has 1 amide bonds. The molecule has 0 bridgehead atoms. The topological polar surface area (TPSA) is 80.6 Å². The van der Waals surface area contributed by atoms with Crippen molar-refractivity contribution in [3.63, 3.8) is 0 Å². The average Bonchev–Trinajstić information content (AvgIpc) is 3.10. The van der Waals surface area contributed by atoms with Crippen molar-refractivity contribution in [1.29, 1.82) is 0 Å². The average molecular weight is 462 g/mol. The zero-order chi connectivity index (χ0) is 23.9. The first-order valence-corrected chi connectivity index (χ1v) is 11.8. The number of rotatable bonds is 10. The van der Waals surface area contributed by atoms with E-state index >= 15 is 0 Å². The molecule has 0 fully saturated rings. The van der Waals surface area contributed by atoms with Crippen LogP contribution in [0, 0.1) is 6.92 Å². The van der Waals surface area contributed by atoms with Crippen LogP contribution in [0.2, 0.25) is 0 Å². The lowest BCUT2D eigenvalue weighted by molar-refractivity contribution is -0.158. The van der Waals surface area contributed by atoms with E-state index in [0.717, 1.165) is 17.0 Å². The minimum Gasteiger partial charge on any atom is -0.459 e. The number of amides is 1. The standard InChI is InChI=1S/C23H35N5O3S/c1-8-28-21(18-12-10-9-11-17(18)2)24-25-22(28)32-16-19(29)27(14-13-26(6)7)15-20(30)31-23(3,4)5/h9-12H,8,13-16H2,1-7H3. The van der Waals surface area contributed by atoms with Gasteiger partial charge in [-0.15, -0.1) is 10.2 Å². The van der Waals surface area contributed by atoms with Crippen LogP contribution in [-0.2, 0) is 20.9 Å². The van der Waals surface area contributed by atoms with Gasteiger partial charge in [0.05, 0.1) is 5.75 Å². The molecule has 1 heterocycles. The largest absolute Gasteiger partial charge is 0.459 e. The predicted molar refractivity (Wildman–Crippen MR) is 128 cm³/mol. The third kappa shape index (κ3) is 7.63. The monoisotopic (exact) mass is 461 g/mol. The number of hydrogen-bond donors (Lipinski definition) is 0. The summed E-state index contributed by atoms with van der Waals surface area (Å²) in [5.74, 6) is 0.417. The second-order valence-electron chi connectivity index (χ2n) is 8.86. The molecule has 0 spiro atoms. The summed E-state index contributed by atoms with van der Waals surface area (Å²) in [5, 5.41) is 9.38. The zero-order valence-electron chi connectivity index (χ0n) is 20.2. The molecule has 0 atom stereocenters. The molecule has 0 saturated carbocycles. The van der Waals surface area contributed by atoms with Gasteiger partial charge >= 0.3 is 5.97 Å². The van der Waals surface area contributed by atoms with Crippen molar-refractivity contribution >= 4 is 23.6 Å². The van der Waals surface area contributed by atoms with E-state index in [1.54, 1.807) is 4.90 Å². The van der Waals surface area contributed by atoms with Gasteiger partial charge in [-0.2, -0.15) is 0 Å². The van der Waals surface area contributed by atoms with E-state index in [-0.39, 0.29) is 18.2 Å².